The fourth-order valence-electron chi connectivity index (χ4n) is 1.09. The SMILES string of the molecule is CCC(C)(COC)OCC(C)C(C)(C)N. The molecule has 3 nitrogen and oxygen atoms in total. The predicted molar refractivity (Wildman–Crippen MR) is 64.0 cm³/mol. The van der Waals surface area contributed by atoms with Gasteiger partial charge < -0.3 is 15.2 Å². The van der Waals surface area contributed by atoms with Crippen LogP contribution in [0.4, 0.5) is 0 Å². The van der Waals surface area contributed by atoms with Crippen molar-refractivity contribution in [2.24, 2.45) is 11.7 Å². The van der Waals surface area contributed by atoms with E-state index in [0.717, 1.165) is 6.42 Å². The van der Waals surface area contributed by atoms with E-state index in [-0.39, 0.29) is 11.1 Å². The average molecular weight is 217 g/mol. The molecule has 92 valence electrons. The fraction of sp³-hybridized carbons (Fsp3) is 1.00. The lowest BCUT2D eigenvalue weighted by Gasteiger charge is -2.33. The fourth-order valence-corrected chi connectivity index (χ4v) is 1.09. The molecule has 0 aliphatic rings. The molecule has 0 aromatic carbocycles. The third kappa shape index (κ3) is 5.50. The number of rotatable bonds is 7. The molecule has 0 aromatic rings. The Balaban J connectivity index is 4.11. The van der Waals surface area contributed by atoms with Crippen LogP contribution in [-0.2, 0) is 9.47 Å². The molecular weight excluding hydrogens is 190 g/mol. The lowest BCUT2D eigenvalue weighted by Crippen LogP contribution is -2.44. The molecule has 0 rings (SSSR count). The smallest absolute Gasteiger partial charge is 0.0884 e. The number of hydrogen-bond acceptors (Lipinski definition) is 3. The molecule has 2 unspecified atom stereocenters. The van der Waals surface area contributed by atoms with Gasteiger partial charge in [0.25, 0.3) is 0 Å². The molecule has 0 fully saturated rings. The highest BCUT2D eigenvalue weighted by atomic mass is 16.5. The summed E-state index contributed by atoms with van der Waals surface area (Å²) < 4.78 is 11.1. The third-order valence-electron chi connectivity index (χ3n) is 3.15. The van der Waals surface area contributed by atoms with Gasteiger partial charge in [-0.15, -0.1) is 0 Å². The molecule has 0 aliphatic carbocycles. The average Bonchev–Trinajstić information content (AvgIpc) is 2.13. The lowest BCUT2D eigenvalue weighted by atomic mass is 9.91. The Morgan fingerprint density at radius 2 is 1.80 bits per heavy atom. The number of nitrogens with two attached hydrogens (primary N) is 1. The van der Waals surface area contributed by atoms with E-state index in [4.69, 9.17) is 15.2 Å². The summed E-state index contributed by atoms with van der Waals surface area (Å²) in [5.74, 6) is 0.334. The highest BCUT2D eigenvalue weighted by molar-refractivity contribution is 4.80. The van der Waals surface area contributed by atoms with Crippen LogP contribution in [0.5, 0.6) is 0 Å². The Kier molecular flexibility index (Phi) is 5.78. The van der Waals surface area contributed by atoms with Crippen LogP contribution in [0, 0.1) is 5.92 Å². The van der Waals surface area contributed by atoms with Crippen LogP contribution in [0.15, 0.2) is 0 Å². The van der Waals surface area contributed by atoms with Crippen LogP contribution in [0.2, 0.25) is 0 Å². The summed E-state index contributed by atoms with van der Waals surface area (Å²) in [6.07, 6.45) is 0.943. The zero-order valence-electron chi connectivity index (χ0n) is 11.1. The van der Waals surface area contributed by atoms with Gasteiger partial charge in [-0.3, -0.25) is 0 Å². The second-order valence-corrected chi connectivity index (χ2v) is 5.27. The Morgan fingerprint density at radius 3 is 2.13 bits per heavy atom. The first-order chi connectivity index (χ1) is 6.75. The molecule has 0 radical (unpaired) electrons. The van der Waals surface area contributed by atoms with Crippen LogP contribution in [0.3, 0.4) is 0 Å². The number of methoxy groups -OCH3 is 1. The summed E-state index contributed by atoms with van der Waals surface area (Å²) in [6.45, 7) is 11.7. The second-order valence-electron chi connectivity index (χ2n) is 5.27. The van der Waals surface area contributed by atoms with Gasteiger partial charge in [0.2, 0.25) is 0 Å². The highest BCUT2D eigenvalue weighted by Gasteiger charge is 2.27. The van der Waals surface area contributed by atoms with Crippen molar-refractivity contribution in [1.82, 2.24) is 0 Å². The van der Waals surface area contributed by atoms with Gasteiger partial charge in [-0.1, -0.05) is 13.8 Å². The lowest BCUT2D eigenvalue weighted by molar-refractivity contribution is -0.0940. The second kappa shape index (κ2) is 5.83. The minimum atomic E-state index is -0.193. The highest BCUT2D eigenvalue weighted by Crippen LogP contribution is 2.20. The van der Waals surface area contributed by atoms with Crippen molar-refractivity contribution in [3.05, 3.63) is 0 Å². The topological polar surface area (TPSA) is 44.5 Å². The van der Waals surface area contributed by atoms with E-state index >= 15 is 0 Å². The van der Waals surface area contributed by atoms with Crippen LogP contribution in [0.1, 0.15) is 41.0 Å². The zero-order valence-corrected chi connectivity index (χ0v) is 11.1. The van der Waals surface area contributed by atoms with E-state index in [9.17, 15) is 0 Å². The molecule has 0 amide bonds. The predicted octanol–water partition coefficient (Wildman–Crippen LogP) is 2.19. The maximum Gasteiger partial charge on any atom is 0.0884 e. The minimum Gasteiger partial charge on any atom is -0.382 e. The number of hydrogen-bond donors (Lipinski definition) is 1. The number of ether oxygens (including phenoxy) is 2. The quantitative estimate of drug-likeness (QED) is 0.711. The van der Waals surface area contributed by atoms with Gasteiger partial charge in [-0.05, 0) is 33.1 Å². The third-order valence-corrected chi connectivity index (χ3v) is 3.15. The standard InChI is InChI=1S/C12H27NO2/c1-7-12(5,9-14-6)15-8-10(2)11(3,4)13/h10H,7-9,13H2,1-6H3. The zero-order chi connectivity index (χ0) is 12.1. The Labute approximate surface area is 94.3 Å². The molecule has 15 heavy (non-hydrogen) atoms. The summed E-state index contributed by atoms with van der Waals surface area (Å²) in [4.78, 5) is 0. The van der Waals surface area contributed by atoms with Crippen LogP contribution < -0.4 is 5.73 Å². The molecule has 0 aromatic heterocycles. The summed E-state index contributed by atoms with van der Waals surface area (Å²) in [5, 5.41) is 0. The van der Waals surface area contributed by atoms with E-state index in [1.54, 1.807) is 7.11 Å². The summed E-state index contributed by atoms with van der Waals surface area (Å²) in [7, 11) is 1.70. The van der Waals surface area contributed by atoms with Crippen LogP contribution in [0.25, 0.3) is 0 Å². The summed E-state index contributed by atoms with van der Waals surface area (Å²) in [6, 6.07) is 0. The Morgan fingerprint density at radius 1 is 1.27 bits per heavy atom. The monoisotopic (exact) mass is 217 g/mol. The first kappa shape index (κ1) is 14.9. The molecule has 0 saturated carbocycles. The molecule has 0 heterocycles. The van der Waals surface area contributed by atoms with E-state index in [1.807, 2.05) is 13.8 Å². The molecule has 0 saturated heterocycles. The van der Waals surface area contributed by atoms with Crippen molar-refractivity contribution in [3.8, 4) is 0 Å². The van der Waals surface area contributed by atoms with Gasteiger partial charge in [0.05, 0.1) is 18.8 Å². The first-order valence-electron chi connectivity index (χ1n) is 5.67. The molecule has 0 bridgehead atoms. The van der Waals surface area contributed by atoms with Gasteiger partial charge in [0.15, 0.2) is 0 Å². The van der Waals surface area contributed by atoms with Gasteiger partial charge in [0, 0.05) is 12.6 Å². The molecule has 3 heteroatoms. The summed E-state index contributed by atoms with van der Waals surface area (Å²) in [5.41, 5.74) is 5.63. The maximum absolute atomic E-state index is 6.01. The van der Waals surface area contributed by atoms with Crippen molar-refractivity contribution in [1.29, 1.82) is 0 Å². The molecule has 0 spiro atoms. The van der Waals surface area contributed by atoms with Gasteiger partial charge in [-0.2, -0.15) is 0 Å². The van der Waals surface area contributed by atoms with Crippen molar-refractivity contribution >= 4 is 0 Å². The van der Waals surface area contributed by atoms with Crippen molar-refractivity contribution in [2.45, 2.75) is 52.2 Å². The molecule has 0 aliphatic heterocycles. The largest absolute Gasteiger partial charge is 0.382 e. The summed E-state index contributed by atoms with van der Waals surface area (Å²) >= 11 is 0. The van der Waals surface area contributed by atoms with E-state index in [2.05, 4.69) is 20.8 Å². The van der Waals surface area contributed by atoms with E-state index < -0.39 is 0 Å². The molecule has 2 atom stereocenters. The normalized spacial score (nSPS) is 18.6. The van der Waals surface area contributed by atoms with Crippen molar-refractivity contribution in [2.75, 3.05) is 20.3 Å². The molecule has 2 N–H and O–H groups in total. The van der Waals surface area contributed by atoms with Crippen LogP contribution >= 0.6 is 0 Å². The van der Waals surface area contributed by atoms with E-state index in [0.29, 0.717) is 19.1 Å². The van der Waals surface area contributed by atoms with Crippen molar-refractivity contribution < 1.29 is 9.47 Å². The Bertz CT molecular complexity index is 177. The molecular formula is C12H27NO2. The van der Waals surface area contributed by atoms with E-state index in [1.165, 1.54) is 0 Å². The van der Waals surface area contributed by atoms with Gasteiger partial charge in [-0.25, -0.2) is 0 Å². The maximum atomic E-state index is 6.01. The first-order valence-corrected chi connectivity index (χ1v) is 5.67. The van der Waals surface area contributed by atoms with Crippen LogP contribution in [-0.4, -0.2) is 31.5 Å². The van der Waals surface area contributed by atoms with Gasteiger partial charge >= 0.3 is 0 Å². The Hall–Kier alpha value is -0.120. The van der Waals surface area contributed by atoms with Gasteiger partial charge in [0.1, 0.15) is 0 Å². The minimum absolute atomic E-state index is 0.186. The van der Waals surface area contributed by atoms with Crippen molar-refractivity contribution in [3.63, 3.8) is 0 Å².